The highest BCUT2D eigenvalue weighted by atomic mass is 16.6. The fourth-order valence-corrected chi connectivity index (χ4v) is 2.02. The van der Waals surface area contributed by atoms with Crippen molar-refractivity contribution in [2.45, 2.75) is 19.4 Å². The van der Waals surface area contributed by atoms with Crippen LogP contribution in [0.1, 0.15) is 18.9 Å². The topological polar surface area (TPSA) is 96.6 Å². The van der Waals surface area contributed by atoms with Crippen LogP contribution >= 0.6 is 0 Å². The van der Waals surface area contributed by atoms with E-state index in [4.69, 9.17) is 0 Å². The maximum Gasteiger partial charge on any atom is 0.269 e. The van der Waals surface area contributed by atoms with Crippen LogP contribution in [0.4, 0.5) is 11.4 Å². The minimum Gasteiger partial charge on any atom is -0.374 e. The molecule has 0 saturated heterocycles. The monoisotopic (exact) mass is 326 g/mol. The Bertz CT molecular complexity index is 714. The second-order valence-electron chi connectivity index (χ2n) is 5.05. The third-order valence-electron chi connectivity index (χ3n) is 3.33. The Morgan fingerprint density at radius 1 is 1.21 bits per heavy atom. The number of nitrogens with one attached hydrogen (secondary N) is 2. The summed E-state index contributed by atoms with van der Waals surface area (Å²) in [5.74, 6) is -0.250. The molecule has 0 aliphatic heterocycles. The summed E-state index contributed by atoms with van der Waals surface area (Å²) in [6.07, 6.45) is 2.05. The molecule has 24 heavy (non-hydrogen) atoms. The minimum absolute atomic E-state index is 0.00861. The number of carbonyl (C=O) groups excluding carboxylic acids is 1. The van der Waals surface area contributed by atoms with E-state index in [9.17, 15) is 14.9 Å². The minimum atomic E-state index is -0.468. The molecule has 0 aliphatic rings. The molecule has 1 atom stereocenters. The normalized spacial score (nSPS) is 11.9. The molecule has 0 saturated carbocycles. The average molecular weight is 326 g/mol. The van der Waals surface area contributed by atoms with Crippen molar-refractivity contribution >= 4 is 23.5 Å². The molecule has 2 N–H and O–H groups in total. The Morgan fingerprint density at radius 3 is 2.46 bits per heavy atom. The fourth-order valence-electron chi connectivity index (χ4n) is 2.02. The number of nitrogens with zero attached hydrogens (tertiary/aromatic N) is 2. The van der Waals surface area contributed by atoms with Crippen LogP contribution in [-0.2, 0) is 4.79 Å². The van der Waals surface area contributed by atoms with Crippen LogP contribution in [0.25, 0.3) is 0 Å². The lowest BCUT2D eigenvalue weighted by molar-refractivity contribution is -0.384. The zero-order chi connectivity index (χ0) is 17.4. The lowest BCUT2D eigenvalue weighted by atomic mass is 10.2. The van der Waals surface area contributed by atoms with Crippen molar-refractivity contribution in [2.75, 3.05) is 5.32 Å². The van der Waals surface area contributed by atoms with Crippen molar-refractivity contribution < 1.29 is 9.72 Å². The van der Waals surface area contributed by atoms with Crippen molar-refractivity contribution in [3.05, 3.63) is 70.3 Å². The Morgan fingerprint density at radius 2 is 1.88 bits per heavy atom. The number of hydrazone groups is 1. The van der Waals surface area contributed by atoms with Gasteiger partial charge in [-0.3, -0.25) is 14.9 Å². The van der Waals surface area contributed by atoms with Crippen LogP contribution in [-0.4, -0.2) is 23.1 Å². The molecule has 2 aromatic rings. The van der Waals surface area contributed by atoms with Gasteiger partial charge in [0.15, 0.2) is 0 Å². The number of hydrogen-bond acceptors (Lipinski definition) is 5. The summed E-state index contributed by atoms with van der Waals surface area (Å²) in [5, 5.41) is 17.6. The second-order valence-corrected chi connectivity index (χ2v) is 5.05. The van der Waals surface area contributed by atoms with E-state index in [2.05, 4.69) is 15.8 Å². The van der Waals surface area contributed by atoms with Gasteiger partial charge in [-0.15, -0.1) is 0 Å². The van der Waals surface area contributed by atoms with Crippen LogP contribution < -0.4 is 10.7 Å². The number of anilines is 1. The number of benzene rings is 2. The highest BCUT2D eigenvalue weighted by Crippen LogP contribution is 2.11. The van der Waals surface area contributed by atoms with Crippen LogP contribution in [0.2, 0.25) is 0 Å². The molecule has 7 nitrogen and oxygen atoms in total. The van der Waals surface area contributed by atoms with Crippen LogP contribution in [0.3, 0.4) is 0 Å². The molecule has 0 unspecified atom stereocenters. The molecule has 0 spiro atoms. The molecule has 0 heterocycles. The molecule has 7 heteroatoms. The molecule has 0 aliphatic carbocycles. The van der Waals surface area contributed by atoms with Crippen LogP contribution in [0.5, 0.6) is 0 Å². The van der Waals surface area contributed by atoms with Gasteiger partial charge >= 0.3 is 0 Å². The highest BCUT2D eigenvalue weighted by Gasteiger charge is 2.15. The van der Waals surface area contributed by atoms with Crippen molar-refractivity contribution in [3.63, 3.8) is 0 Å². The predicted molar refractivity (Wildman–Crippen MR) is 93.0 cm³/mol. The van der Waals surface area contributed by atoms with Crippen LogP contribution in [0, 0.1) is 10.1 Å². The number of rotatable bonds is 7. The van der Waals surface area contributed by atoms with E-state index in [0.717, 1.165) is 5.69 Å². The number of non-ortho nitro benzene ring substituents is 1. The molecular formula is C17H18N4O3. The Balaban J connectivity index is 1.91. The van der Waals surface area contributed by atoms with Crippen LogP contribution in [0.15, 0.2) is 59.7 Å². The third-order valence-corrected chi connectivity index (χ3v) is 3.33. The van der Waals surface area contributed by atoms with E-state index in [-0.39, 0.29) is 11.6 Å². The van der Waals surface area contributed by atoms with Gasteiger partial charge in [0.25, 0.3) is 11.6 Å². The number of amides is 1. The van der Waals surface area contributed by atoms with Gasteiger partial charge in [-0.1, -0.05) is 25.1 Å². The average Bonchev–Trinajstić information content (AvgIpc) is 2.61. The zero-order valence-corrected chi connectivity index (χ0v) is 13.2. The van der Waals surface area contributed by atoms with Crippen molar-refractivity contribution in [2.24, 2.45) is 5.10 Å². The van der Waals surface area contributed by atoms with Gasteiger partial charge in [0.2, 0.25) is 0 Å². The summed E-state index contributed by atoms with van der Waals surface area (Å²) in [7, 11) is 0. The predicted octanol–water partition coefficient (Wildman–Crippen LogP) is 2.94. The van der Waals surface area contributed by atoms with E-state index in [1.165, 1.54) is 18.3 Å². The SMILES string of the molecule is CC[C@H](Nc1ccccc1)C(=O)N/N=C\c1ccc([N+](=O)[O-])cc1. The molecule has 2 aromatic carbocycles. The van der Waals surface area contributed by atoms with E-state index in [0.29, 0.717) is 12.0 Å². The first-order valence-corrected chi connectivity index (χ1v) is 7.49. The number of carbonyl (C=O) groups is 1. The molecule has 0 aromatic heterocycles. The summed E-state index contributed by atoms with van der Waals surface area (Å²) >= 11 is 0. The van der Waals surface area contributed by atoms with Gasteiger partial charge in [0, 0.05) is 17.8 Å². The molecule has 1 amide bonds. The van der Waals surface area contributed by atoms with Crippen molar-refractivity contribution in [1.29, 1.82) is 0 Å². The lowest BCUT2D eigenvalue weighted by Crippen LogP contribution is -2.36. The molecule has 0 bridgehead atoms. The first-order chi connectivity index (χ1) is 11.6. The Hall–Kier alpha value is -3.22. The summed E-state index contributed by atoms with van der Waals surface area (Å²) in [4.78, 5) is 22.2. The molecular weight excluding hydrogens is 308 g/mol. The lowest BCUT2D eigenvalue weighted by Gasteiger charge is -2.16. The summed E-state index contributed by atoms with van der Waals surface area (Å²) in [6.45, 7) is 1.90. The molecule has 124 valence electrons. The quantitative estimate of drug-likeness (QED) is 0.464. The molecule has 0 radical (unpaired) electrons. The first-order valence-electron chi connectivity index (χ1n) is 7.49. The standard InChI is InChI=1S/C17H18N4O3/c1-2-16(19-14-6-4-3-5-7-14)17(22)20-18-12-13-8-10-15(11-9-13)21(23)24/h3-12,16,19H,2H2,1H3,(H,20,22)/b18-12-/t16-/m0/s1. The maximum atomic E-state index is 12.1. The summed E-state index contributed by atoms with van der Waals surface area (Å²) in [5.41, 5.74) is 4.00. The van der Waals surface area contributed by atoms with E-state index < -0.39 is 11.0 Å². The van der Waals surface area contributed by atoms with Gasteiger partial charge in [-0.25, -0.2) is 5.43 Å². The van der Waals surface area contributed by atoms with Gasteiger partial charge in [0.05, 0.1) is 11.1 Å². The van der Waals surface area contributed by atoms with E-state index in [1.807, 2.05) is 37.3 Å². The van der Waals surface area contributed by atoms with E-state index >= 15 is 0 Å². The zero-order valence-electron chi connectivity index (χ0n) is 13.2. The highest BCUT2D eigenvalue weighted by molar-refractivity contribution is 5.86. The first kappa shape index (κ1) is 17.1. The molecule has 0 fully saturated rings. The number of hydrogen-bond donors (Lipinski definition) is 2. The number of nitro groups is 1. The van der Waals surface area contributed by atoms with Gasteiger partial charge in [-0.05, 0) is 36.2 Å². The Labute approximate surface area is 139 Å². The van der Waals surface area contributed by atoms with Gasteiger partial charge in [-0.2, -0.15) is 5.10 Å². The fraction of sp³-hybridized carbons (Fsp3) is 0.176. The number of para-hydroxylation sites is 1. The summed E-state index contributed by atoms with van der Waals surface area (Å²) in [6, 6.07) is 14.9. The second kappa shape index (κ2) is 8.42. The summed E-state index contributed by atoms with van der Waals surface area (Å²) < 4.78 is 0. The molecule has 2 rings (SSSR count). The smallest absolute Gasteiger partial charge is 0.269 e. The van der Waals surface area contributed by atoms with Crippen molar-refractivity contribution in [1.82, 2.24) is 5.43 Å². The maximum absolute atomic E-state index is 12.1. The number of nitro benzene ring substituents is 1. The van der Waals surface area contributed by atoms with Gasteiger partial charge in [0.1, 0.15) is 6.04 Å². The van der Waals surface area contributed by atoms with Crippen molar-refractivity contribution in [3.8, 4) is 0 Å². The van der Waals surface area contributed by atoms with Gasteiger partial charge < -0.3 is 5.32 Å². The Kier molecular flexibility index (Phi) is 6.01. The third kappa shape index (κ3) is 4.91. The van der Waals surface area contributed by atoms with E-state index in [1.54, 1.807) is 12.1 Å². The largest absolute Gasteiger partial charge is 0.374 e.